The van der Waals surface area contributed by atoms with Gasteiger partial charge in [-0.2, -0.15) is 0 Å². The van der Waals surface area contributed by atoms with E-state index in [0.717, 1.165) is 27.3 Å². The van der Waals surface area contributed by atoms with Crippen molar-refractivity contribution in [2.24, 2.45) is 0 Å². The topological polar surface area (TPSA) is 26.0 Å². The van der Waals surface area contributed by atoms with Crippen molar-refractivity contribution in [3.8, 4) is 10.8 Å². The van der Waals surface area contributed by atoms with Crippen LogP contribution >= 0.6 is 11.3 Å². The maximum Gasteiger partial charge on any atom is 0.164 e. The molecule has 0 aliphatic rings. The van der Waals surface area contributed by atoms with Crippen molar-refractivity contribution in [3.63, 3.8) is 0 Å². The van der Waals surface area contributed by atoms with E-state index in [2.05, 4.69) is 57.2 Å². The van der Waals surface area contributed by atoms with E-state index in [1.807, 2.05) is 0 Å². The number of thiazole rings is 1. The van der Waals surface area contributed by atoms with E-state index in [4.69, 9.17) is 9.40 Å². The highest BCUT2D eigenvalue weighted by Crippen LogP contribution is 2.36. The summed E-state index contributed by atoms with van der Waals surface area (Å²) in [6.45, 7) is 6.31. The number of nitrogens with zero attached hydrogens (tertiary/aromatic N) is 1. The lowest BCUT2D eigenvalue weighted by Crippen LogP contribution is -1.78. The monoisotopic (exact) mass is 293 g/mol. The molecule has 0 saturated heterocycles. The van der Waals surface area contributed by atoms with Crippen LogP contribution < -0.4 is 0 Å². The zero-order chi connectivity index (χ0) is 14.6. The molecule has 0 atom stereocenters. The maximum atomic E-state index is 5.99. The Labute approximate surface area is 127 Å². The summed E-state index contributed by atoms with van der Waals surface area (Å²) in [4.78, 5) is 4.79. The SMILES string of the molecule is Cc1ccc2cc(-c3nc4c(C)ccc(C)c4s3)oc2c1. The minimum absolute atomic E-state index is 0.857. The van der Waals surface area contributed by atoms with Gasteiger partial charge in [0.05, 0.1) is 10.2 Å². The van der Waals surface area contributed by atoms with Gasteiger partial charge in [0.15, 0.2) is 10.8 Å². The van der Waals surface area contributed by atoms with Crippen LogP contribution in [0.25, 0.3) is 32.0 Å². The van der Waals surface area contributed by atoms with Gasteiger partial charge in [0.2, 0.25) is 0 Å². The Morgan fingerprint density at radius 3 is 2.57 bits per heavy atom. The van der Waals surface area contributed by atoms with E-state index >= 15 is 0 Å². The number of furan rings is 1. The number of hydrogen-bond acceptors (Lipinski definition) is 3. The van der Waals surface area contributed by atoms with E-state index in [0.29, 0.717) is 0 Å². The lowest BCUT2D eigenvalue weighted by Gasteiger charge is -1.96. The number of aryl methyl sites for hydroxylation is 3. The molecular formula is C18H15NOS. The first-order chi connectivity index (χ1) is 10.1. The molecule has 0 N–H and O–H groups in total. The van der Waals surface area contributed by atoms with Crippen molar-refractivity contribution in [1.82, 2.24) is 4.98 Å². The van der Waals surface area contributed by atoms with Crippen LogP contribution in [-0.2, 0) is 0 Å². The predicted octanol–water partition coefficient (Wildman–Crippen LogP) is 5.63. The Bertz CT molecular complexity index is 939. The fourth-order valence-corrected chi connectivity index (χ4v) is 3.67. The first-order valence-corrected chi connectivity index (χ1v) is 7.81. The summed E-state index contributed by atoms with van der Waals surface area (Å²) in [6, 6.07) is 12.6. The van der Waals surface area contributed by atoms with Crippen molar-refractivity contribution in [3.05, 3.63) is 53.1 Å². The summed E-state index contributed by atoms with van der Waals surface area (Å²) >= 11 is 1.71. The highest BCUT2D eigenvalue weighted by molar-refractivity contribution is 7.21. The van der Waals surface area contributed by atoms with Gasteiger partial charge >= 0.3 is 0 Å². The van der Waals surface area contributed by atoms with E-state index in [9.17, 15) is 0 Å². The molecule has 4 rings (SSSR count). The molecular weight excluding hydrogens is 278 g/mol. The van der Waals surface area contributed by atoms with Crippen LogP contribution in [0, 0.1) is 20.8 Å². The number of aromatic nitrogens is 1. The first-order valence-electron chi connectivity index (χ1n) is 6.99. The van der Waals surface area contributed by atoms with Crippen LogP contribution in [0.3, 0.4) is 0 Å². The standard InChI is InChI=1S/C18H15NOS/c1-10-4-7-13-9-15(20-14(13)8-10)18-19-16-11(2)5-6-12(3)17(16)21-18/h4-9H,1-3H3. The van der Waals surface area contributed by atoms with Crippen LogP contribution in [0.15, 0.2) is 40.8 Å². The Morgan fingerprint density at radius 1 is 0.952 bits per heavy atom. The van der Waals surface area contributed by atoms with Crippen LogP contribution in [0.1, 0.15) is 16.7 Å². The van der Waals surface area contributed by atoms with Gasteiger partial charge in [-0.1, -0.05) is 24.3 Å². The van der Waals surface area contributed by atoms with Gasteiger partial charge in [-0.25, -0.2) is 4.98 Å². The molecule has 0 fully saturated rings. The molecule has 21 heavy (non-hydrogen) atoms. The second-order valence-electron chi connectivity index (χ2n) is 5.55. The summed E-state index contributed by atoms with van der Waals surface area (Å²) in [5.74, 6) is 0.857. The Morgan fingerprint density at radius 2 is 1.76 bits per heavy atom. The third-order valence-corrected chi connectivity index (χ3v) is 5.03. The van der Waals surface area contributed by atoms with Crippen molar-refractivity contribution in [1.29, 1.82) is 0 Å². The average Bonchev–Trinajstić information content (AvgIpc) is 3.06. The fraction of sp³-hybridized carbons (Fsp3) is 0.167. The lowest BCUT2D eigenvalue weighted by molar-refractivity contribution is 0.631. The third-order valence-electron chi connectivity index (χ3n) is 3.83. The highest BCUT2D eigenvalue weighted by atomic mass is 32.1. The molecule has 3 heteroatoms. The molecule has 2 aromatic carbocycles. The van der Waals surface area contributed by atoms with E-state index in [1.54, 1.807) is 11.3 Å². The third kappa shape index (κ3) is 1.96. The summed E-state index contributed by atoms with van der Waals surface area (Å²) in [7, 11) is 0. The minimum Gasteiger partial charge on any atom is -0.454 e. The molecule has 0 saturated carbocycles. The van der Waals surface area contributed by atoms with Gasteiger partial charge in [0.25, 0.3) is 0 Å². The minimum atomic E-state index is 0.857. The van der Waals surface area contributed by atoms with Crippen molar-refractivity contribution in [2.75, 3.05) is 0 Å². The molecule has 0 unspecified atom stereocenters. The zero-order valence-electron chi connectivity index (χ0n) is 12.2. The van der Waals surface area contributed by atoms with Crippen molar-refractivity contribution in [2.45, 2.75) is 20.8 Å². The summed E-state index contributed by atoms with van der Waals surface area (Å²) in [5.41, 5.74) is 5.71. The van der Waals surface area contributed by atoms with Crippen molar-refractivity contribution >= 4 is 32.5 Å². The number of hydrogen-bond donors (Lipinski definition) is 0. The largest absolute Gasteiger partial charge is 0.454 e. The Kier molecular flexibility index (Phi) is 2.66. The maximum absolute atomic E-state index is 5.99. The van der Waals surface area contributed by atoms with Gasteiger partial charge in [-0.3, -0.25) is 0 Å². The Hall–Kier alpha value is -2.13. The van der Waals surface area contributed by atoms with E-state index in [-0.39, 0.29) is 0 Å². The molecule has 0 radical (unpaired) electrons. The van der Waals surface area contributed by atoms with Crippen LogP contribution in [0.5, 0.6) is 0 Å². The molecule has 104 valence electrons. The molecule has 2 aromatic heterocycles. The van der Waals surface area contributed by atoms with E-state index in [1.165, 1.54) is 21.4 Å². The average molecular weight is 293 g/mol. The molecule has 0 spiro atoms. The molecule has 0 amide bonds. The van der Waals surface area contributed by atoms with Crippen LogP contribution in [-0.4, -0.2) is 4.98 Å². The predicted molar refractivity (Wildman–Crippen MR) is 89.0 cm³/mol. The van der Waals surface area contributed by atoms with Gasteiger partial charge in [-0.15, -0.1) is 11.3 Å². The highest BCUT2D eigenvalue weighted by Gasteiger charge is 2.13. The van der Waals surface area contributed by atoms with Gasteiger partial charge in [-0.05, 0) is 49.6 Å². The molecule has 0 aliphatic carbocycles. The normalized spacial score (nSPS) is 11.6. The second kappa shape index (κ2) is 4.43. The summed E-state index contributed by atoms with van der Waals surface area (Å²) in [5, 5.41) is 2.08. The molecule has 2 nitrogen and oxygen atoms in total. The second-order valence-corrected chi connectivity index (χ2v) is 6.55. The number of fused-ring (bicyclic) bond motifs is 2. The van der Waals surface area contributed by atoms with Gasteiger partial charge in [0, 0.05) is 5.39 Å². The Balaban J connectivity index is 1.95. The van der Waals surface area contributed by atoms with Crippen LogP contribution in [0.4, 0.5) is 0 Å². The summed E-state index contributed by atoms with van der Waals surface area (Å²) < 4.78 is 7.24. The molecule has 0 bridgehead atoms. The van der Waals surface area contributed by atoms with E-state index < -0.39 is 0 Å². The number of rotatable bonds is 1. The summed E-state index contributed by atoms with van der Waals surface area (Å²) in [6.07, 6.45) is 0. The first kappa shape index (κ1) is 12.6. The van der Waals surface area contributed by atoms with Gasteiger partial charge < -0.3 is 4.42 Å². The molecule has 4 aromatic rings. The van der Waals surface area contributed by atoms with Crippen LogP contribution in [0.2, 0.25) is 0 Å². The smallest absolute Gasteiger partial charge is 0.164 e. The quantitative estimate of drug-likeness (QED) is 0.454. The fourth-order valence-electron chi connectivity index (χ4n) is 2.61. The number of benzene rings is 2. The lowest BCUT2D eigenvalue weighted by atomic mass is 10.1. The zero-order valence-corrected chi connectivity index (χ0v) is 13.0. The van der Waals surface area contributed by atoms with Gasteiger partial charge in [0.1, 0.15) is 5.58 Å². The molecule has 2 heterocycles. The van der Waals surface area contributed by atoms with Crippen molar-refractivity contribution < 1.29 is 4.42 Å². The molecule has 0 aliphatic heterocycles.